The number of nitrogens with zero attached hydrogens (tertiary/aromatic N) is 2. The number of aromatic nitrogens is 2. The van der Waals surface area contributed by atoms with Crippen LogP contribution in [0.1, 0.15) is 11.7 Å². The molecule has 2 rings (SSSR count). The third-order valence-corrected chi connectivity index (χ3v) is 3.01. The van der Waals surface area contributed by atoms with Crippen LogP contribution in [0.15, 0.2) is 23.0 Å². The Bertz CT molecular complexity index is 598. The van der Waals surface area contributed by atoms with Crippen LogP contribution in [-0.2, 0) is 18.8 Å². The Morgan fingerprint density at radius 2 is 1.94 bits per heavy atom. The summed E-state index contributed by atoms with van der Waals surface area (Å²) in [4.78, 5) is 11.7. The number of hydrogen-bond donors (Lipinski definition) is 1. The fourth-order valence-electron chi connectivity index (χ4n) is 1.99. The van der Waals surface area contributed by atoms with Crippen molar-refractivity contribution in [2.24, 2.45) is 14.1 Å². The van der Waals surface area contributed by atoms with E-state index >= 15 is 0 Å². The summed E-state index contributed by atoms with van der Waals surface area (Å²) in [5, 5.41) is 9.83. The summed E-state index contributed by atoms with van der Waals surface area (Å²) in [6, 6.07) is 5.47. The lowest BCUT2D eigenvalue weighted by molar-refractivity contribution is 0.0645. The first kappa shape index (κ1) is 11.9. The smallest absolute Gasteiger partial charge is 0.328 e. The lowest BCUT2D eigenvalue weighted by atomic mass is 10.1. The highest BCUT2D eigenvalue weighted by atomic mass is 16.5. The molecule has 0 aliphatic carbocycles. The fraction of sp³-hybridized carbons (Fsp3) is 0.417. The molecule has 1 unspecified atom stereocenters. The number of aryl methyl sites for hydroxylation is 2. The molecular weight excluding hydrogens is 220 g/mol. The summed E-state index contributed by atoms with van der Waals surface area (Å²) in [7, 11) is 4.99. The van der Waals surface area contributed by atoms with E-state index in [1.165, 1.54) is 0 Å². The Labute approximate surface area is 98.9 Å². The van der Waals surface area contributed by atoms with Crippen molar-refractivity contribution in [2.75, 3.05) is 13.7 Å². The first-order chi connectivity index (χ1) is 8.06. The molecule has 0 bridgehead atoms. The predicted octanol–water partition coefficient (Wildman–Crippen LogP) is 0.557. The molecule has 1 atom stereocenters. The molecule has 17 heavy (non-hydrogen) atoms. The molecule has 92 valence electrons. The van der Waals surface area contributed by atoms with Crippen LogP contribution in [0.4, 0.5) is 0 Å². The normalized spacial score (nSPS) is 13.2. The molecule has 1 heterocycles. The molecule has 1 aromatic carbocycles. The molecule has 0 fully saturated rings. The van der Waals surface area contributed by atoms with Crippen LogP contribution >= 0.6 is 0 Å². The number of ether oxygens (including phenoxy) is 1. The minimum absolute atomic E-state index is 0.0709. The van der Waals surface area contributed by atoms with E-state index in [-0.39, 0.29) is 12.3 Å². The van der Waals surface area contributed by atoms with Gasteiger partial charge in [0.05, 0.1) is 17.6 Å². The summed E-state index contributed by atoms with van der Waals surface area (Å²) in [5.41, 5.74) is 2.34. The summed E-state index contributed by atoms with van der Waals surface area (Å²) in [5.74, 6) is 0. The molecule has 0 spiro atoms. The van der Waals surface area contributed by atoms with Gasteiger partial charge in [0.2, 0.25) is 0 Å². The van der Waals surface area contributed by atoms with Gasteiger partial charge in [0.15, 0.2) is 0 Å². The third kappa shape index (κ3) is 1.87. The summed E-state index contributed by atoms with van der Waals surface area (Å²) in [6.45, 7) is 0.242. The standard InChI is InChI=1S/C12H16N2O3/c1-13-9-5-4-8(11(15)7-17-3)6-10(9)14(2)12(13)16/h4-6,11,15H,7H2,1-3H3. The van der Waals surface area contributed by atoms with E-state index in [0.717, 1.165) is 16.6 Å². The largest absolute Gasteiger partial charge is 0.386 e. The minimum atomic E-state index is -0.667. The Hall–Kier alpha value is -1.59. The van der Waals surface area contributed by atoms with E-state index in [9.17, 15) is 9.90 Å². The topological polar surface area (TPSA) is 56.4 Å². The summed E-state index contributed by atoms with van der Waals surface area (Å²) in [6.07, 6.45) is -0.667. The van der Waals surface area contributed by atoms with Crippen LogP contribution in [0.25, 0.3) is 11.0 Å². The maximum absolute atomic E-state index is 11.7. The number of imidazole rings is 1. The van der Waals surface area contributed by atoms with E-state index < -0.39 is 6.10 Å². The van der Waals surface area contributed by atoms with Gasteiger partial charge in [-0.05, 0) is 17.7 Å². The zero-order chi connectivity index (χ0) is 12.6. The average Bonchev–Trinajstić information content (AvgIpc) is 2.55. The van der Waals surface area contributed by atoms with Gasteiger partial charge in [-0.1, -0.05) is 6.07 Å². The highest BCUT2D eigenvalue weighted by molar-refractivity contribution is 5.76. The van der Waals surface area contributed by atoms with Crippen molar-refractivity contribution in [1.82, 2.24) is 9.13 Å². The van der Waals surface area contributed by atoms with Gasteiger partial charge in [-0.3, -0.25) is 9.13 Å². The first-order valence-corrected chi connectivity index (χ1v) is 5.38. The third-order valence-electron chi connectivity index (χ3n) is 3.01. The monoisotopic (exact) mass is 236 g/mol. The number of fused-ring (bicyclic) bond motifs is 1. The number of rotatable bonds is 3. The average molecular weight is 236 g/mol. The van der Waals surface area contributed by atoms with Gasteiger partial charge >= 0.3 is 5.69 Å². The molecule has 5 nitrogen and oxygen atoms in total. The summed E-state index contributed by atoms with van der Waals surface area (Å²) >= 11 is 0. The zero-order valence-electron chi connectivity index (χ0n) is 10.2. The number of aliphatic hydroxyl groups excluding tert-OH is 1. The number of aliphatic hydroxyl groups is 1. The maximum atomic E-state index is 11.7. The van der Waals surface area contributed by atoms with Gasteiger partial charge in [0.1, 0.15) is 6.10 Å². The molecule has 0 saturated heterocycles. The van der Waals surface area contributed by atoms with Gasteiger partial charge in [0, 0.05) is 21.2 Å². The molecule has 2 aromatic rings. The number of benzene rings is 1. The Morgan fingerprint density at radius 3 is 2.59 bits per heavy atom. The van der Waals surface area contributed by atoms with Crippen molar-refractivity contribution in [3.8, 4) is 0 Å². The lowest BCUT2D eigenvalue weighted by Gasteiger charge is -2.09. The second-order valence-corrected chi connectivity index (χ2v) is 4.12. The molecule has 1 aromatic heterocycles. The van der Waals surface area contributed by atoms with Gasteiger partial charge < -0.3 is 9.84 Å². The molecule has 0 aliphatic rings. The zero-order valence-corrected chi connectivity index (χ0v) is 10.2. The Kier molecular flexibility index (Phi) is 3.04. The quantitative estimate of drug-likeness (QED) is 0.847. The SMILES string of the molecule is COCC(O)c1ccc2c(c1)n(C)c(=O)n2C. The van der Waals surface area contributed by atoms with Crippen molar-refractivity contribution >= 4 is 11.0 Å². The van der Waals surface area contributed by atoms with Crippen molar-refractivity contribution in [3.05, 3.63) is 34.2 Å². The van der Waals surface area contributed by atoms with Crippen LogP contribution in [-0.4, -0.2) is 28.0 Å². The van der Waals surface area contributed by atoms with Crippen LogP contribution in [0.2, 0.25) is 0 Å². The van der Waals surface area contributed by atoms with Crippen LogP contribution in [0.3, 0.4) is 0 Å². The highest BCUT2D eigenvalue weighted by Crippen LogP contribution is 2.19. The Morgan fingerprint density at radius 1 is 1.29 bits per heavy atom. The van der Waals surface area contributed by atoms with Gasteiger partial charge in [-0.2, -0.15) is 0 Å². The molecule has 0 radical (unpaired) electrons. The maximum Gasteiger partial charge on any atom is 0.328 e. The van der Waals surface area contributed by atoms with Crippen molar-refractivity contribution in [2.45, 2.75) is 6.10 Å². The van der Waals surface area contributed by atoms with E-state index in [4.69, 9.17) is 4.74 Å². The van der Waals surface area contributed by atoms with Crippen LogP contribution in [0.5, 0.6) is 0 Å². The molecule has 0 amide bonds. The van der Waals surface area contributed by atoms with E-state index in [0.29, 0.717) is 0 Å². The number of methoxy groups -OCH3 is 1. The van der Waals surface area contributed by atoms with Crippen LogP contribution in [0, 0.1) is 0 Å². The van der Waals surface area contributed by atoms with E-state index in [1.54, 1.807) is 30.3 Å². The van der Waals surface area contributed by atoms with Gasteiger partial charge in [0.25, 0.3) is 0 Å². The van der Waals surface area contributed by atoms with E-state index in [1.807, 2.05) is 18.2 Å². The van der Waals surface area contributed by atoms with Crippen molar-refractivity contribution < 1.29 is 9.84 Å². The predicted molar refractivity (Wildman–Crippen MR) is 65.0 cm³/mol. The van der Waals surface area contributed by atoms with E-state index in [2.05, 4.69) is 0 Å². The van der Waals surface area contributed by atoms with Gasteiger partial charge in [-0.15, -0.1) is 0 Å². The molecule has 1 N–H and O–H groups in total. The minimum Gasteiger partial charge on any atom is -0.386 e. The van der Waals surface area contributed by atoms with Crippen LogP contribution < -0.4 is 5.69 Å². The molecule has 0 saturated carbocycles. The fourth-order valence-corrected chi connectivity index (χ4v) is 1.99. The van der Waals surface area contributed by atoms with Crippen molar-refractivity contribution in [1.29, 1.82) is 0 Å². The molecule has 0 aliphatic heterocycles. The van der Waals surface area contributed by atoms with Crippen molar-refractivity contribution in [3.63, 3.8) is 0 Å². The second-order valence-electron chi connectivity index (χ2n) is 4.12. The Balaban J connectivity index is 2.58. The number of hydrogen-bond acceptors (Lipinski definition) is 3. The highest BCUT2D eigenvalue weighted by Gasteiger charge is 2.12. The summed E-state index contributed by atoms with van der Waals surface area (Å²) < 4.78 is 8.06. The molecule has 5 heteroatoms. The van der Waals surface area contributed by atoms with Gasteiger partial charge in [-0.25, -0.2) is 4.79 Å². The first-order valence-electron chi connectivity index (χ1n) is 5.38. The second kappa shape index (κ2) is 4.35. The lowest BCUT2D eigenvalue weighted by Crippen LogP contribution is -2.19. The molecular formula is C12H16N2O3.